The summed E-state index contributed by atoms with van der Waals surface area (Å²) >= 11 is 0. The van der Waals surface area contributed by atoms with Gasteiger partial charge in [0, 0.05) is 0 Å². The number of rotatable bonds is 3. The Balaban J connectivity index is 3.23. The van der Waals surface area contributed by atoms with Gasteiger partial charge in [0.05, 0.1) is 0 Å². The molecule has 0 saturated heterocycles. The summed E-state index contributed by atoms with van der Waals surface area (Å²) in [6, 6.07) is 4.49. The summed E-state index contributed by atoms with van der Waals surface area (Å²) in [5.41, 5.74) is 5.98. The smallest absolute Gasteiger partial charge is 0.0162 e. The summed E-state index contributed by atoms with van der Waals surface area (Å²) in [7, 11) is 0. The zero-order valence-electron chi connectivity index (χ0n) is 10.1. The van der Waals surface area contributed by atoms with Crippen molar-refractivity contribution in [2.24, 2.45) is 0 Å². The quantitative estimate of drug-likeness (QED) is 0.657. The Morgan fingerprint density at radius 1 is 0.929 bits per heavy atom. The number of hydrogen-bond donors (Lipinski definition) is 0. The van der Waals surface area contributed by atoms with Gasteiger partial charge in [-0.2, -0.15) is 0 Å². The molecule has 0 unspecified atom stereocenters. The SMILES string of the molecule is CCC(CC)c1c(C)ccc(C)c1C. The molecule has 14 heavy (non-hydrogen) atoms. The van der Waals surface area contributed by atoms with Crippen LogP contribution in [0.25, 0.3) is 0 Å². The van der Waals surface area contributed by atoms with Crippen molar-refractivity contribution in [1.29, 1.82) is 0 Å². The van der Waals surface area contributed by atoms with Gasteiger partial charge in [-0.3, -0.25) is 0 Å². The van der Waals surface area contributed by atoms with E-state index in [1.165, 1.54) is 29.5 Å². The molecule has 0 N–H and O–H groups in total. The molecular weight excluding hydrogens is 168 g/mol. The first-order valence-electron chi connectivity index (χ1n) is 5.68. The molecule has 0 bridgehead atoms. The molecule has 0 amide bonds. The lowest BCUT2D eigenvalue weighted by Gasteiger charge is -2.20. The Morgan fingerprint density at radius 3 is 1.93 bits per heavy atom. The zero-order valence-corrected chi connectivity index (χ0v) is 10.1. The summed E-state index contributed by atoms with van der Waals surface area (Å²) < 4.78 is 0. The molecule has 1 aromatic carbocycles. The molecule has 1 rings (SSSR count). The lowest BCUT2D eigenvalue weighted by molar-refractivity contribution is 0.633. The van der Waals surface area contributed by atoms with E-state index in [0.29, 0.717) is 0 Å². The van der Waals surface area contributed by atoms with Gasteiger partial charge in [0.1, 0.15) is 0 Å². The van der Waals surface area contributed by atoms with Crippen LogP contribution < -0.4 is 0 Å². The van der Waals surface area contributed by atoms with E-state index in [0.717, 1.165) is 5.92 Å². The molecule has 0 spiro atoms. The van der Waals surface area contributed by atoms with Gasteiger partial charge in [0.25, 0.3) is 0 Å². The van der Waals surface area contributed by atoms with Crippen molar-refractivity contribution >= 4 is 0 Å². The zero-order chi connectivity index (χ0) is 10.7. The standard InChI is InChI=1S/C14H22/c1-6-13(7-2)14-11(4)9-8-10(3)12(14)5/h8-9,13H,6-7H2,1-5H3. The van der Waals surface area contributed by atoms with Gasteiger partial charge >= 0.3 is 0 Å². The Hall–Kier alpha value is -0.780. The molecule has 0 radical (unpaired) electrons. The van der Waals surface area contributed by atoms with Crippen molar-refractivity contribution in [3.05, 3.63) is 34.4 Å². The third-order valence-electron chi connectivity index (χ3n) is 3.40. The normalized spacial score (nSPS) is 11.0. The summed E-state index contributed by atoms with van der Waals surface area (Å²) in [5, 5.41) is 0. The van der Waals surface area contributed by atoms with E-state index >= 15 is 0 Å². The maximum atomic E-state index is 2.29. The highest BCUT2D eigenvalue weighted by Crippen LogP contribution is 2.30. The minimum absolute atomic E-state index is 0.745. The average molecular weight is 190 g/mol. The maximum absolute atomic E-state index is 2.29. The Bertz CT molecular complexity index is 306. The van der Waals surface area contributed by atoms with Crippen molar-refractivity contribution < 1.29 is 0 Å². The van der Waals surface area contributed by atoms with Crippen LogP contribution in [0.4, 0.5) is 0 Å². The van der Waals surface area contributed by atoms with Gasteiger partial charge in [0.2, 0.25) is 0 Å². The first-order valence-corrected chi connectivity index (χ1v) is 5.68. The average Bonchev–Trinajstić information content (AvgIpc) is 2.19. The van der Waals surface area contributed by atoms with E-state index in [1.807, 2.05) is 0 Å². The summed E-state index contributed by atoms with van der Waals surface area (Å²) in [6.45, 7) is 11.3. The van der Waals surface area contributed by atoms with Gasteiger partial charge in [-0.15, -0.1) is 0 Å². The van der Waals surface area contributed by atoms with Crippen molar-refractivity contribution in [2.45, 2.75) is 53.4 Å². The highest BCUT2D eigenvalue weighted by atomic mass is 14.2. The lowest BCUT2D eigenvalue weighted by atomic mass is 9.85. The molecule has 0 saturated carbocycles. The highest BCUT2D eigenvalue weighted by Gasteiger charge is 2.13. The molecule has 0 fully saturated rings. The second-order valence-corrected chi connectivity index (χ2v) is 4.25. The predicted octanol–water partition coefficient (Wildman–Crippen LogP) is 4.52. The van der Waals surface area contributed by atoms with E-state index in [1.54, 1.807) is 5.56 Å². The third-order valence-corrected chi connectivity index (χ3v) is 3.40. The van der Waals surface area contributed by atoms with Crippen LogP contribution in [-0.2, 0) is 0 Å². The molecule has 0 aliphatic carbocycles. The number of aryl methyl sites for hydroxylation is 2. The minimum atomic E-state index is 0.745. The van der Waals surface area contributed by atoms with Crippen molar-refractivity contribution in [3.8, 4) is 0 Å². The van der Waals surface area contributed by atoms with Crippen LogP contribution in [0.2, 0.25) is 0 Å². The first-order chi connectivity index (χ1) is 6.61. The fourth-order valence-corrected chi connectivity index (χ4v) is 2.30. The second kappa shape index (κ2) is 4.63. The van der Waals surface area contributed by atoms with Gasteiger partial charge < -0.3 is 0 Å². The van der Waals surface area contributed by atoms with Crippen LogP contribution in [0, 0.1) is 20.8 Å². The van der Waals surface area contributed by atoms with E-state index < -0.39 is 0 Å². The van der Waals surface area contributed by atoms with Gasteiger partial charge in [-0.05, 0) is 61.8 Å². The predicted molar refractivity (Wildman–Crippen MR) is 64.0 cm³/mol. The molecule has 0 nitrogen and oxygen atoms in total. The lowest BCUT2D eigenvalue weighted by Crippen LogP contribution is -2.03. The summed E-state index contributed by atoms with van der Waals surface area (Å²) in [6.07, 6.45) is 2.50. The molecule has 0 heterocycles. The molecule has 0 aliphatic rings. The fourth-order valence-electron chi connectivity index (χ4n) is 2.30. The van der Waals surface area contributed by atoms with Crippen LogP contribution in [0.5, 0.6) is 0 Å². The Kier molecular flexibility index (Phi) is 3.74. The third kappa shape index (κ3) is 2.00. The van der Waals surface area contributed by atoms with E-state index in [9.17, 15) is 0 Å². The molecule has 1 aromatic rings. The van der Waals surface area contributed by atoms with Gasteiger partial charge in [0.15, 0.2) is 0 Å². The molecular formula is C14H22. The molecule has 78 valence electrons. The van der Waals surface area contributed by atoms with Crippen LogP contribution in [0.1, 0.15) is 54.9 Å². The van der Waals surface area contributed by atoms with Crippen LogP contribution in [0.3, 0.4) is 0 Å². The topological polar surface area (TPSA) is 0 Å². The largest absolute Gasteiger partial charge is 0.0648 e. The Labute approximate surface area is 88.4 Å². The molecule has 0 atom stereocenters. The van der Waals surface area contributed by atoms with Crippen LogP contribution >= 0.6 is 0 Å². The summed E-state index contributed by atoms with van der Waals surface area (Å²) in [4.78, 5) is 0. The highest BCUT2D eigenvalue weighted by molar-refractivity contribution is 5.41. The van der Waals surface area contributed by atoms with Crippen LogP contribution in [-0.4, -0.2) is 0 Å². The summed E-state index contributed by atoms with van der Waals surface area (Å²) in [5.74, 6) is 0.745. The van der Waals surface area contributed by atoms with Crippen molar-refractivity contribution in [2.75, 3.05) is 0 Å². The second-order valence-electron chi connectivity index (χ2n) is 4.25. The molecule has 0 aromatic heterocycles. The number of hydrogen-bond acceptors (Lipinski definition) is 0. The molecule has 0 heteroatoms. The fraction of sp³-hybridized carbons (Fsp3) is 0.571. The maximum Gasteiger partial charge on any atom is -0.0162 e. The van der Waals surface area contributed by atoms with Crippen molar-refractivity contribution in [1.82, 2.24) is 0 Å². The first kappa shape index (κ1) is 11.3. The van der Waals surface area contributed by atoms with E-state index in [2.05, 4.69) is 46.8 Å². The minimum Gasteiger partial charge on any atom is -0.0648 e. The number of benzene rings is 1. The van der Waals surface area contributed by atoms with Gasteiger partial charge in [-0.1, -0.05) is 26.0 Å². The van der Waals surface area contributed by atoms with Crippen LogP contribution in [0.15, 0.2) is 12.1 Å². The van der Waals surface area contributed by atoms with Gasteiger partial charge in [-0.25, -0.2) is 0 Å². The Morgan fingerprint density at radius 2 is 1.43 bits per heavy atom. The van der Waals surface area contributed by atoms with E-state index in [-0.39, 0.29) is 0 Å². The monoisotopic (exact) mass is 190 g/mol. The van der Waals surface area contributed by atoms with E-state index in [4.69, 9.17) is 0 Å². The molecule has 0 aliphatic heterocycles. The van der Waals surface area contributed by atoms with Crippen molar-refractivity contribution in [3.63, 3.8) is 0 Å².